The average molecular weight is 331 g/mol. The SMILES string of the molecule is NS(=O)(=O)c1ccc(NCN2C(=O)C(=O)c3ccccc32)cc1. The monoisotopic (exact) mass is 331 g/mol. The third-order valence-corrected chi connectivity index (χ3v) is 4.43. The molecule has 23 heavy (non-hydrogen) atoms. The van der Waals surface area contributed by atoms with Crippen molar-refractivity contribution in [1.29, 1.82) is 0 Å². The number of hydrogen-bond donors (Lipinski definition) is 2. The summed E-state index contributed by atoms with van der Waals surface area (Å²) in [6.07, 6.45) is 0. The lowest BCUT2D eigenvalue weighted by atomic mass is 10.1. The van der Waals surface area contributed by atoms with Crippen LogP contribution in [0.3, 0.4) is 0 Å². The molecule has 0 bridgehead atoms. The standard InChI is InChI=1S/C15H13N3O4S/c16-23(21,22)11-7-5-10(6-8-11)17-9-18-13-4-2-1-3-12(13)14(19)15(18)20/h1-8,17H,9H2,(H2,16,21,22). The molecule has 0 radical (unpaired) electrons. The zero-order valence-corrected chi connectivity index (χ0v) is 12.7. The zero-order chi connectivity index (χ0) is 16.6. The summed E-state index contributed by atoms with van der Waals surface area (Å²) >= 11 is 0. The maximum Gasteiger partial charge on any atom is 0.300 e. The van der Waals surface area contributed by atoms with Gasteiger partial charge in [-0.2, -0.15) is 0 Å². The van der Waals surface area contributed by atoms with Crippen molar-refractivity contribution in [2.75, 3.05) is 16.9 Å². The van der Waals surface area contributed by atoms with E-state index in [0.717, 1.165) is 0 Å². The van der Waals surface area contributed by atoms with Gasteiger partial charge < -0.3 is 5.32 Å². The number of benzene rings is 2. The number of hydrogen-bond acceptors (Lipinski definition) is 5. The number of fused-ring (bicyclic) bond motifs is 1. The Morgan fingerprint density at radius 1 is 1.00 bits per heavy atom. The highest BCUT2D eigenvalue weighted by Gasteiger charge is 2.35. The summed E-state index contributed by atoms with van der Waals surface area (Å²) in [6.45, 7) is 0.0936. The predicted molar refractivity (Wildman–Crippen MR) is 84.6 cm³/mol. The molecule has 0 spiro atoms. The van der Waals surface area contributed by atoms with Crippen LogP contribution < -0.4 is 15.4 Å². The van der Waals surface area contributed by atoms with Gasteiger partial charge in [0.25, 0.3) is 5.78 Å². The number of nitrogens with two attached hydrogens (primary N) is 1. The number of sulfonamides is 1. The van der Waals surface area contributed by atoms with Crippen LogP contribution in [0.1, 0.15) is 10.4 Å². The second-order valence-electron chi connectivity index (χ2n) is 4.98. The second kappa shape index (κ2) is 5.49. The van der Waals surface area contributed by atoms with Gasteiger partial charge in [-0.05, 0) is 36.4 Å². The topological polar surface area (TPSA) is 110 Å². The number of anilines is 2. The minimum Gasteiger partial charge on any atom is -0.367 e. The van der Waals surface area contributed by atoms with Crippen molar-refractivity contribution in [2.45, 2.75) is 4.90 Å². The van der Waals surface area contributed by atoms with Gasteiger partial charge in [-0.1, -0.05) is 12.1 Å². The molecule has 3 N–H and O–H groups in total. The molecule has 1 aliphatic rings. The molecular weight excluding hydrogens is 318 g/mol. The van der Waals surface area contributed by atoms with Crippen LogP contribution in [0.2, 0.25) is 0 Å². The summed E-state index contributed by atoms with van der Waals surface area (Å²) in [5.74, 6) is -1.13. The lowest BCUT2D eigenvalue weighted by Crippen LogP contribution is -2.34. The van der Waals surface area contributed by atoms with E-state index in [-0.39, 0.29) is 11.6 Å². The van der Waals surface area contributed by atoms with E-state index in [2.05, 4.69) is 5.32 Å². The van der Waals surface area contributed by atoms with Crippen LogP contribution in [-0.2, 0) is 14.8 Å². The van der Waals surface area contributed by atoms with Crippen LogP contribution >= 0.6 is 0 Å². The van der Waals surface area contributed by atoms with E-state index in [1.807, 2.05) is 0 Å². The summed E-state index contributed by atoms with van der Waals surface area (Å²) in [6, 6.07) is 12.6. The number of carbonyl (C=O) groups excluding carboxylic acids is 2. The minimum atomic E-state index is -3.74. The van der Waals surface area contributed by atoms with Gasteiger partial charge in [-0.25, -0.2) is 13.6 Å². The van der Waals surface area contributed by atoms with Crippen LogP contribution in [0.4, 0.5) is 11.4 Å². The first-order chi connectivity index (χ1) is 10.9. The Hall–Kier alpha value is -2.71. The van der Waals surface area contributed by atoms with Crippen LogP contribution in [0.5, 0.6) is 0 Å². The van der Waals surface area contributed by atoms with E-state index >= 15 is 0 Å². The zero-order valence-electron chi connectivity index (χ0n) is 11.9. The Bertz CT molecular complexity index is 891. The maximum absolute atomic E-state index is 12.0. The molecule has 0 aromatic heterocycles. The average Bonchev–Trinajstić information content (AvgIpc) is 2.77. The lowest BCUT2D eigenvalue weighted by molar-refractivity contribution is -0.114. The molecule has 0 atom stereocenters. The van der Waals surface area contributed by atoms with E-state index in [4.69, 9.17) is 5.14 Å². The van der Waals surface area contributed by atoms with Crippen LogP contribution in [0, 0.1) is 0 Å². The van der Waals surface area contributed by atoms with E-state index in [0.29, 0.717) is 16.9 Å². The molecule has 8 heteroatoms. The normalized spacial score (nSPS) is 14.0. The van der Waals surface area contributed by atoms with Crippen LogP contribution in [0.25, 0.3) is 0 Å². The number of ketones is 1. The van der Waals surface area contributed by atoms with Crippen molar-refractivity contribution in [1.82, 2.24) is 0 Å². The van der Waals surface area contributed by atoms with E-state index in [1.165, 1.54) is 29.2 Å². The van der Waals surface area contributed by atoms with Crippen molar-refractivity contribution in [3.63, 3.8) is 0 Å². The lowest BCUT2D eigenvalue weighted by Gasteiger charge is -2.18. The van der Waals surface area contributed by atoms with Gasteiger partial charge in [0, 0.05) is 5.69 Å². The quantitative estimate of drug-likeness (QED) is 0.810. The van der Waals surface area contributed by atoms with Gasteiger partial charge in [0.15, 0.2) is 0 Å². The fraction of sp³-hybridized carbons (Fsp3) is 0.0667. The number of rotatable bonds is 4. The number of para-hydroxylation sites is 1. The van der Waals surface area contributed by atoms with E-state index in [9.17, 15) is 18.0 Å². The number of nitrogens with one attached hydrogen (secondary N) is 1. The van der Waals surface area contributed by atoms with Crippen LogP contribution in [0.15, 0.2) is 53.4 Å². The molecule has 1 heterocycles. The van der Waals surface area contributed by atoms with Crippen LogP contribution in [-0.4, -0.2) is 26.8 Å². The summed E-state index contributed by atoms with van der Waals surface area (Å²) < 4.78 is 22.4. The van der Waals surface area contributed by atoms with Crippen molar-refractivity contribution in [3.8, 4) is 0 Å². The van der Waals surface area contributed by atoms with Gasteiger partial charge in [0.1, 0.15) is 0 Å². The highest BCUT2D eigenvalue weighted by atomic mass is 32.2. The highest BCUT2D eigenvalue weighted by Crippen LogP contribution is 2.28. The molecule has 2 aromatic rings. The third kappa shape index (κ3) is 2.81. The van der Waals surface area contributed by atoms with Gasteiger partial charge in [-0.15, -0.1) is 0 Å². The van der Waals surface area contributed by atoms with Gasteiger partial charge in [0.2, 0.25) is 10.0 Å². The Kier molecular flexibility index (Phi) is 3.63. The second-order valence-corrected chi connectivity index (χ2v) is 6.55. The Balaban J connectivity index is 1.76. The molecule has 0 saturated carbocycles. The van der Waals surface area contributed by atoms with Gasteiger partial charge in [0.05, 0.1) is 22.8 Å². The molecule has 3 rings (SSSR count). The van der Waals surface area contributed by atoms with Crippen molar-refractivity contribution >= 4 is 33.1 Å². The van der Waals surface area contributed by atoms with Crippen molar-refractivity contribution in [3.05, 3.63) is 54.1 Å². The van der Waals surface area contributed by atoms with Crippen molar-refractivity contribution < 1.29 is 18.0 Å². The molecule has 118 valence electrons. The fourth-order valence-electron chi connectivity index (χ4n) is 2.34. The van der Waals surface area contributed by atoms with E-state index in [1.54, 1.807) is 24.3 Å². The Labute approximate surface area is 132 Å². The third-order valence-electron chi connectivity index (χ3n) is 3.50. The smallest absolute Gasteiger partial charge is 0.300 e. The summed E-state index contributed by atoms with van der Waals surface area (Å²) in [4.78, 5) is 25.2. The first-order valence-electron chi connectivity index (χ1n) is 6.70. The van der Waals surface area contributed by atoms with Gasteiger partial charge in [-0.3, -0.25) is 14.5 Å². The van der Waals surface area contributed by atoms with Crippen molar-refractivity contribution in [2.24, 2.45) is 5.14 Å². The molecular formula is C15H13N3O4S. The number of carbonyl (C=O) groups is 2. The molecule has 0 saturated heterocycles. The first kappa shape index (κ1) is 15.2. The molecule has 1 amide bonds. The molecule has 0 unspecified atom stereocenters. The maximum atomic E-state index is 12.0. The summed E-state index contributed by atoms with van der Waals surface area (Å²) in [5.41, 5.74) is 1.53. The fourth-order valence-corrected chi connectivity index (χ4v) is 2.85. The predicted octanol–water partition coefficient (Wildman–Crippen LogP) is 0.933. The largest absolute Gasteiger partial charge is 0.367 e. The van der Waals surface area contributed by atoms with Gasteiger partial charge >= 0.3 is 5.91 Å². The summed E-state index contributed by atoms with van der Waals surface area (Å²) in [7, 11) is -3.74. The Morgan fingerprint density at radius 2 is 1.65 bits per heavy atom. The molecule has 0 fully saturated rings. The molecule has 2 aromatic carbocycles. The highest BCUT2D eigenvalue weighted by molar-refractivity contribution is 7.89. The first-order valence-corrected chi connectivity index (χ1v) is 8.24. The summed E-state index contributed by atoms with van der Waals surface area (Å²) in [5, 5.41) is 8.00. The molecule has 7 nitrogen and oxygen atoms in total. The number of primary sulfonamides is 1. The molecule has 0 aliphatic carbocycles. The number of Topliss-reactive ketones (excluding diaryl/α,β-unsaturated/α-hetero) is 1. The number of amides is 1. The Morgan fingerprint density at radius 3 is 2.30 bits per heavy atom. The van der Waals surface area contributed by atoms with E-state index < -0.39 is 21.7 Å². The molecule has 1 aliphatic heterocycles. The number of nitrogens with zero attached hydrogens (tertiary/aromatic N) is 1. The minimum absolute atomic E-state index is 0.000761.